The summed E-state index contributed by atoms with van der Waals surface area (Å²) >= 11 is 16.9. The molecule has 0 unspecified atom stereocenters. The summed E-state index contributed by atoms with van der Waals surface area (Å²) in [6.07, 6.45) is 0. The maximum atomic E-state index is 12.5. The number of aryl methyl sites for hydroxylation is 2. The van der Waals surface area contributed by atoms with Gasteiger partial charge in [-0.3, -0.25) is 10.1 Å². The van der Waals surface area contributed by atoms with Crippen molar-refractivity contribution in [3.63, 3.8) is 0 Å². The van der Waals surface area contributed by atoms with Gasteiger partial charge in [-0.05, 0) is 48.0 Å². The SMILES string of the molecule is Cc1oc(C)c(C(=O)Nc2nc(-c3cc(Cl)ccc3Cl)cs2)c1Br. The zero-order valence-electron chi connectivity index (χ0n) is 12.6. The highest BCUT2D eigenvalue weighted by molar-refractivity contribution is 9.10. The molecule has 0 bridgehead atoms. The van der Waals surface area contributed by atoms with Crippen LogP contribution in [-0.2, 0) is 0 Å². The Bertz CT molecular complexity index is 936. The van der Waals surface area contributed by atoms with Crippen LogP contribution >= 0.6 is 50.5 Å². The first-order valence-electron chi connectivity index (χ1n) is 6.84. The van der Waals surface area contributed by atoms with Crippen molar-refractivity contribution in [3.05, 3.63) is 55.2 Å². The number of furan rings is 1. The Balaban J connectivity index is 1.86. The molecular formula is C16H11BrCl2N2O2S. The van der Waals surface area contributed by atoms with Crippen molar-refractivity contribution < 1.29 is 9.21 Å². The van der Waals surface area contributed by atoms with Gasteiger partial charge in [0.05, 0.1) is 20.8 Å². The summed E-state index contributed by atoms with van der Waals surface area (Å²) in [7, 11) is 0. The Morgan fingerprint density at radius 1 is 1.29 bits per heavy atom. The maximum absolute atomic E-state index is 12.5. The van der Waals surface area contributed by atoms with Gasteiger partial charge in [0.15, 0.2) is 5.13 Å². The monoisotopic (exact) mass is 444 g/mol. The smallest absolute Gasteiger partial charge is 0.262 e. The summed E-state index contributed by atoms with van der Waals surface area (Å²) in [4.78, 5) is 16.9. The zero-order chi connectivity index (χ0) is 17.4. The number of carbonyl (C=O) groups excluding carboxylic acids is 1. The fraction of sp³-hybridized carbons (Fsp3) is 0.125. The van der Waals surface area contributed by atoms with Crippen LogP contribution in [0.4, 0.5) is 5.13 Å². The minimum Gasteiger partial charge on any atom is -0.465 e. The second-order valence-corrected chi connectivity index (χ2v) is 7.51. The van der Waals surface area contributed by atoms with Crippen LogP contribution in [0.1, 0.15) is 21.9 Å². The number of hydrogen-bond acceptors (Lipinski definition) is 4. The van der Waals surface area contributed by atoms with Gasteiger partial charge in [-0.2, -0.15) is 0 Å². The third-order valence-electron chi connectivity index (χ3n) is 3.34. The molecule has 0 saturated heterocycles. The van der Waals surface area contributed by atoms with E-state index in [1.165, 1.54) is 11.3 Å². The summed E-state index contributed by atoms with van der Waals surface area (Å²) in [5.41, 5.74) is 1.84. The third-order valence-corrected chi connectivity index (χ3v) is 5.62. The van der Waals surface area contributed by atoms with E-state index in [-0.39, 0.29) is 5.91 Å². The predicted molar refractivity (Wildman–Crippen MR) is 101 cm³/mol. The van der Waals surface area contributed by atoms with E-state index in [1.807, 2.05) is 5.38 Å². The molecule has 2 heterocycles. The number of carbonyl (C=O) groups is 1. The van der Waals surface area contributed by atoms with E-state index < -0.39 is 0 Å². The zero-order valence-corrected chi connectivity index (χ0v) is 16.5. The van der Waals surface area contributed by atoms with E-state index in [4.69, 9.17) is 27.6 Å². The number of aromatic nitrogens is 1. The van der Waals surface area contributed by atoms with Crippen LogP contribution in [0.2, 0.25) is 10.0 Å². The Hall–Kier alpha value is -1.34. The highest BCUT2D eigenvalue weighted by Crippen LogP contribution is 2.33. The fourth-order valence-corrected chi connectivity index (χ4v) is 3.86. The highest BCUT2D eigenvalue weighted by atomic mass is 79.9. The molecule has 0 radical (unpaired) electrons. The molecule has 1 amide bonds. The van der Waals surface area contributed by atoms with Crippen molar-refractivity contribution >= 4 is 61.5 Å². The first kappa shape index (κ1) is 17.5. The van der Waals surface area contributed by atoms with Gasteiger partial charge in [0.2, 0.25) is 0 Å². The van der Waals surface area contributed by atoms with Crippen LogP contribution in [0.25, 0.3) is 11.3 Å². The van der Waals surface area contributed by atoms with Crippen molar-refractivity contribution in [2.45, 2.75) is 13.8 Å². The quantitative estimate of drug-likeness (QED) is 0.511. The maximum Gasteiger partial charge on any atom is 0.262 e. The van der Waals surface area contributed by atoms with Gasteiger partial charge in [-0.15, -0.1) is 11.3 Å². The average Bonchev–Trinajstić information content (AvgIpc) is 3.07. The Morgan fingerprint density at radius 2 is 2.04 bits per heavy atom. The minimum absolute atomic E-state index is 0.283. The second-order valence-electron chi connectivity index (χ2n) is 5.02. The van der Waals surface area contributed by atoms with Crippen LogP contribution in [0.3, 0.4) is 0 Å². The van der Waals surface area contributed by atoms with Gasteiger partial charge in [0.1, 0.15) is 11.5 Å². The van der Waals surface area contributed by atoms with Gasteiger partial charge in [-0.1, -0.05) is 23.2 Å². The van der Waals surface area contributed by atoms with Crippen LogP contribution in [0.15, 0.2) is 32.5 Å². The molecular weight excluding hydrogens is 435 g/mol. The standard InChI is InChI=1S/C16H11BrCl2N2O2S/c1-7-13(14(17)8(2)23-7)15(22)21-16-20-12(6-24-16)10-5-9(18)3-4-11(10)19/h3-6H,1-2H3,(H,20,21,22). The fourth-order valence-electron chi connectivity index (χ4n) is 2.22. The van der Waals surface area contributed by atoms with Gasteiger partial charge in [0.25, 0.3) is 5.91 Å². The first-order valence-corrected chi connectivity index (χ1v) is 9.27. The lowest BCUT2D eigenvalue weighted by Gasteiger charge is -2.02. The van der Waals surface area contributed by atoms with Crippen molar-refractivity contribution in [1.82, 2.24) is 4.98 Å². The lowest BCUT2D eigenvalue weighted by molar-refractivity contribution is 0.102. The molecule has 0 aliphatic rings. The van der Waals surface area contributed by atoms with Gasteiger partial charge in [0, 0.05) is 16.0 Å². The van der Waals surface area contributed by atoms with Crippen LogP contribution < -0.4 is 5.32 Å². The molecule has 0 atom stereocenters. The molecule has 124 valence electrons. The number of halogens is 3. The van der Waals surface area contributed by atoms with Crippen molar-refractivity contribution in [1.29, 1.82) is 0 Å². The second kappa shape index (κ2) is 6.88. The summed E-state index contributed by atoms with van der Waals surface area (Å²) in [5, 5.41) is 6.18. The Morgan fingerprint density at radius 3 is 2.71 bits per heavy atom. The predicted octanol–water partition coefficient (Wildman–Crippen LogP) is 6.34. The number of anilines is 1. The molecule has 0 aliphatic carbocycles. The van der Waals surface area contributed by atoms with Crippen LogP contribution in [0, 0.1) is 13.8 Å². The minimum atomic E-state index is -0.283. The van der Waals surface area contributed by atoms with E-state index in [0.29, 0.717) is 42.4 Å². The summed E-state index contributed by atoms with van der Waals surface area (Å²) in [6, 6.07) is 5.17. The number of amides is 1. The number of thiazole rings is 1. The van der Waals surface area contributed by atoms with E-state index in [9.17, 15) is 4.79 Å². The van der Waals surface area contributed by atoms with Crippen LogP contribution in [-0.4, -0.2) is 10.9 Å². The van der Waals surface area contributed by atoms with Gasteiger partial charge >= 0.3 is 0 Å². The largest absolute Gasteiger partial charge is 0.465 e. The molecule has 8 heteroatoms. The van der Waals surface area contributed by atoms with Crippen molar-refractivity contribution in [2.24, 2.45) is 0 Å². The van der Waals surface area contributed by atoms with Crippen molar-refractivity contribution in [3.8, 4) is 11.3 Å². The normalized spacial score (nSPS) is 10.9. The van der Waals surface area contributed by atoms with Gasteiger partial charge < -0.3 is 4.42 Å². The molecule has 2 aromatic heterocycles. The summed E-state index contributed by atoms with van der Waals surface area (Å²) in [5.74, 6) is 0.920. The van der Waals surface area contributed by atoms with Crippen LogP contribution in [0.5, 0.6) is 0 Å². The number of hydrogen-bond donors (Lipinski definition) is 1. The molecule has 3 aromatic rings. The first-order chi connectivity index (χ1) is 11.4. The van der Waals surface area contributed by atoms with E-state index in [0.717, 1.165) is 5.56 Å². The van der Waals surface area contributed by atoms with Crippen molar-refractivity contribution in [2.75, 3.05) is 5.32 Å². The molecule has 0 fully saturated rings. The molecule has 0 spiro atoms. The number of nitrogens with zero attached hydrogens (tertiary/aromatic N) is 1. The third kappa shape index (κ3) is 3.37. The van der Waals surface area contributed by atoms with Gasteiger partial charge in [-0.25, -0.2) is 4.98 Å². The summed E-state index contributed by atoms with van der Waals surface area (Å²) < 4.78 is 6.10. The topological polar surface area (TPSA) is 55.1 Å². The lowest BCUT2D eigenvalue weighted by Crippen LogP contribution is -2.12. The van der Waals surface area contributed by atoms with E-state index in [2.05, 4.69) is 26.2 Å². The molecule has 24 heavy (non-hydrogen) atoms. The Labute approximate surface area is 160 Å². The highest BCUT2D eigenvalue weighted by Gasteiger charge is 2.21. The molecule has 1 aromatic carbocycles. The molecule has 0 saturated carbocycles. The number of rotatable bonds is 3. The van der Waals surface area contributed by atoms with E-state index in [1.54, 1.807) is 32.0 Å². The van der Waals surface area contributed by atoms with E-state index >= 15 is 0 Å². The number of nitrogens with one attached hydrogen (secondary N) is 1. The number of benzene rings is 1. The Kier molecular flexibility index (Phi) is 5.01. The lowest BCUT2D eigenvalue weighted by atomic mass is 10.2. The summed E-state index contributed by atoms with van der Waals surface area (Å²) in [6.45, 7) is 3.53. The molecule has 3 rings (SSSR count). The molecule has 1 N–H and O–H groups in total. The molecule has 4 nitrogen and oxygen atoms in total. The average molecular weight is 446 g/mol. The molecule has 0 aliphatic heterocycles.